The Morgan fingerprint density at radius 2 is 2.09 bits per heavy atom. The van der Waals surface area contributed by atoms with Gasteiger partial charge in [0, 0.05) is 11.2 Å². The molecule has 0 bridgehead atoms. The number of pyridine rings is 1. The summed E-state index contributed by atoms with van der Waals surface area (Å²) in [6.45, 7) is 1.43. The minimum absolute atomic E-state index is 0.232. The lowest BCUT2D eigenvalue weighted by Crippen LogP contribution is -2.52. The smallest absolute Gasteiger partial charge is 0.255 e. The van der Waals surface area contributed by atoms with Gasteiger partial charge in [-0.25, -0.2) is 4.39 Å². The molecule has 1 aromatic heterocycles. The number of benzene rings is 1. The van der Waals surface area contributed by atoms with Crippen molar-refractivity contribution in [3.63, 3.8) is 0 Å². The van der Waals surface area contributed by atoms with Gasteiger partial charge in [0.05, 0.1) is 11.8 Å². The van der Waals surface area contributed by atoms with E-state index in [1.807, 2.05) is 0 Å². The van der Waals surface area contributed by atoms with Crippen LogP contribution >= 0.6 is 11.6 Å². The SMILES string of the molecule is C[C@@](NC(=O)c1ccncc1F)(C(N)=O)c1cccc(Cl)c1. The van der Waals surface area contributed by atoms with E-state index in [-0.39, 0.29) is 5.56 Å². The van der Waals surface area contributed by atoms with Crippen molar-refractivity contribution >= 4 is 23.4 Å². The number of carbonyl (C=O) groups is 2. The highest BCUT2D eigenvalue weighted by Gasteiger charge is 2.35. The molecule has 0 unspecified atom stereocenters. The van der Waals surface area contributed by atoms with Gasteiger partial charge in [0.25, 0.3) is 5.91 Å². The first-order valence-corrected chi connectivity index (χ1v) is 6.70. The van der Waals surface area contributed by atoms with Crippen molar-refractivity contribution in [2.24, 2.45) is 5.73 Å². The van der Waals surface area contributed by atoms with E-state index in [1.54, 1.807) is 18.2 Å². The second kappa shape index (κ2) is 6.11. The standard InChI is InChI=1S/C15H13ClFN3O2/c1-15(14(18)22,9-3-2-4-10(16)7-9)20-13(21)11-5-6-19-8-12(11)17/h2-8H,1H3,(H2,18,22)(H,20,21)/t15-/m0/s1. The molecule has 1 heterocycles. The summed E-state index contributed by atoms with van der Waals surface area (Å²) in [7, 11) is 0. The van der Waals surface area contributed by atoms with Crippen LogP contribution in [-0.2, 0) is 10.3 Å². The minimum Gasteiger partial charge on any atom is -0.367 e. The minimum atomic E-state index is -1.53. The van der Waals surface area contributed by atoms with Crippen LogP contribution in [0.15, 0.2) is 42.7 Å². The van der Waals surface area contributed by atoms with Crippen LogP contribution in [0.3, 0.4) is 0 Å². The number of nitrogens with two attached hydrogens (primary N) is 1. The Labute approximate surface area is 131 Å². The molecule has 1 aromatic carbocycles. The highest BCUT2D eigenvalue weighted by atomic mass is 35.5. The lowest BCUT2D eigenvalue weighted by atomic mass is 9.90. The van der Waals surface area contributed by atoms with E-state index in [4.69, 9.17) is 17.3 Å². The summed E-state index contributed by atoms with van der Waals surface area (Å²) < 4.78 is 13.6. The Morgan fingerprint density at radius 3 is 2.68 bits per heavy atom. The summed E-state index contributed by atoms with van der Waals surface area (Å²) in [4.78, 5) is 27.6. The Balaban J connectivity index is 2.39. The molecule has 0 spiro atoms. The second-order valence-corrected chi connectivity index (χ2v) is 5.25. The second-order valence-electron chi connectivity index (χ2n) is 4.81. The van der Waals surface area contributed by atoms with Crippen molar-refractivity contribution in [1.82, 2.24) is 10.3 Å². The third-order valence-corrected chi connectivity index (χ3v) is 3.51. The number of carbonyl (C=O) groups excluding carboxylic acids is 2. The van der Waals surface area contributed by atoms with Crippen LogP contribution in [0.4, 0.5) is 4.39 Å². The zero-order chi connectivity index (χ0) is 16.3. The topological polar surface area (TPSA) is 85.1 Å². The molecule has 1 atom stereocenters. The van der Waals surface area contributed by atoms with E-state index in [0.717, 1.165) is 6.20 Å². The van der Waals surface area contributed by atoms with Crippen molar-refractivity contribution in [1.29, 1.82) is 0 Å². The third kappa shape index (κ3) is 3.07. The number of hydrogen-bond acceptors (Lipinski definition) is 3. The first-order chi connectivity index (χ1) is 10.3. The van der Waals surface area contributed by atoms with Gasteiger partial charge < -0.3 is 11.1 Å². The Hall–Kier alpha value is -2.47. The number of rotatable bonds is 4. The number of nitrogens with zero attached hydrogens (tertiary/aromatic N) is 1. The molecule has 0 aliphatic heterocycles. The van der Waals surface area contributed by atoms with Crippen LogP contribution < -0.4 is 11.1 Å². The molecule has 0 saturated heterocycles. The van der Waals surface area contributed by atoms with E-state index in [1.165, 1.54) is 25.3 Å². The number of nitrogens with one attached hydrogen (secondary N) is 1. The summed E-state index contributed by atoms with van der Waals surface area (Å²) in [5.74, 6) is -2.36. The summed E-state index contributed by atoms with van der Waals surface area (Å²) in [5.41, 5.74) is 4.05. The summed E-state index contributed by atoms with van der Waals surface area (Å²) >= 11 is 5.90. The van der Waals surface area contributed by atoms with Crippen LogP contribution in [0.2, 0.25) is 5.02 Å². The maximum atomic E-state index is 13.6. The molecule has 0 saturated carbocycles. The molecular weight excluding hydrogens is 309 g/mol. The fourth-order valence-corrected chi connectivity index (χ4v) is 2.12. The van der Waals surface area contributed by atoms with Crippen molar-refractivity contribution in [3.8, 4) is 0 Å². The number of aromatic nitrogens is 1. The van der Waals surface area contributed by atoms with Crippen molar-refractivity contribution < 1.29 is 14.0 Å². The maximum Gasteiger partial charge on any atom is 0.255 e. The molecule has 22 heavy (non-hydrogen) atoms. The number of primary amides is 1. The zero-order valence-electron chi connectivity index (χ0n) is 11.6. The number of amides is 2. The molecule has 0 aliphatic rings. The number of halogens is 2. The average molecular weight is 322 g/mol. The van der Waals surface area contributed by atoms with Crippen LogP contribution in [-0.4, -0.2) is 16.8 Å². The molecule has 0 aliphatic carbocycles. The van der Waals surface area contributed by atoms with Crippen LogP contribution in [0.25, 0.3) is 0 Å². The molecular formula is C15H13ClFN3O2. The fourth-order valence-electron chi connectivity index (χ4n) is 1.93. The summed E-state index contributed by atoms with van der Waals surface area (Å²) in [6.07, 6.45) is 2.19. The lowest BCUT2D eigenvalue weighted by molar-refractivity contribution is -0.123. The van der Waals surface area contributed by atoms with Crippen LogP contribution in [0.1, 0.15) is 22.8 Å². The molecule has 2 aromatic rings. The largest absolute Gasteiger partial charge is 0.367 e. The molecule has 114 valence electrons. The van der Waals surface area contributed by atoms with Gasteiger partial charge in [0.15, 0.2) is 5.82 Å². The molecule has 0 radical (unpaired) electrons. The zero-order valence-corrected chi connectivity index (χ0v) is 12.4. The van der Waals surface area contributed by atoms with Crippen molar-refractivity contribution in [2.45, 2.75) is 12.5 Å². The van der Waals surface area contributed by atoms with Gasteiger partial charge in [-0.3, -0.25) is 14.6 Å². The van der Waals surface area contributed by atoms with Gasteiger partial charge in [0.1, 0.15) is 5.54 Å². The van der Waals surface area contributed by atoms with E-state index in [2.05, 4.69) is 10.3 Å². The monoisotopic (exact) mass is 321 g/mol. The highest BCUT2D eigenvalue weighted by molar-refractivity contribution is 6.30. The maximum absolute atomic E-state index is 13.6. The quantitative estimate of drug-likeness (QED) is 0.903. The first kappa shape index (κ1) is 15.9. The molecule has 7 heteroatoms. The molecule has 0 fully saturated rings. The predicted octanol–water partition coefficient (Wildman–Crippen LogP) is 2.00. The van der Waals surface area contributed by atoms with Crippen LogP contribution in [0.5, 0.6) is 0 Å². The van der Waals surface area contributed by atoms with Gasteiger partial charge >= 0.3 is 0 Å². The average Bonchev–Trinajstić information content (AvgIpc) is 2.47. The van der Waals surface area contributed by atoms with E-state index in [0.29, 0.717) is 10.6 Å². The van der Waals surface area contributed by atoms with Gasteiger partial charge in [-0.2, -0.15) is 0 Å². The van der Waals surface area contributed by atoms with E-state index in [9.17, 15) is 14.0 Å². The molecule has 2 rings (SSSR count). The molecule has 5 nitrogen and oxygen atoms in total. The van der Waals surface area contributed by atoms with Crippen LogP contribution in [0, 0.1) is 5.82 Å². The van der Waals surface area contributed by atoms with E-state index < -0.39 is 23.2 Å². The lowest BCUT2D eigenvalue weighted by Gasteiger charge is -2.28. The summed E-state index contributed by atoms with van der Waals surface area (Å²) in [5, 5.41) is 2.84. The highest BCUT2D eigenvalue weighted by Crippen LogP contribution is 2.24. The number of hydrogen-bond donors (Lipinski definition) is 2. The first-order valence-electron chi connectivity index (χ1n) is 6.32. The third-order valence-electron chi connectivity index (χ3n) is 3.28. The van der Waals surface area contributed by atoms with Crippen molar-refractivity contribution in [3.05, 3.63) is 64.7 Å². The normalized spacial score (nSPS) is 13.2. The van der Waals surface area contributed by atoms with Gasteiger partial charge in [-0.05, 0) is 30.7 Å². The molecule has 2 amide bonds. The predicted molar refractivity (Wildman–Crippen MR) is 79.7 cm³/mol. The Kier molecular flexibility index (Phi) is 4.42. The van der Waals surface area contributed by atoms with Gasteiger partial charge in [-0.15, -0.1) is 0 Å². The fraction of sp³-hybridized carbons (Fsp3) is 0.133. The van der Waals surface area contributed by atoms with Gasteiger partial charge in [0.2, 0.25) is 5.91 Å². The van der Waals surface area contributed by atoms with E-state index >= 15 is 0 Å². The Morgan fingerprint density at radius 1 is 1.36 bits per heavy atom. The molecule has 3 N–H and O–H groups in total. The van der Waals surface area contributed by atoms with Gasteiger partial charge in [-0.1, -0.05) is 23.7 Å². The summed E-state index contributed by atoms with van der Waals surface area (Å²) in [6, 6.07) is 7.56. The van der Waals surface area contributed by atoms with Crippen molar-refractivity contribution in [2.75, 3.05) is 0 Å². The Bertz CT molecular complexity index is 738.